The molecule has 0 aromatic heterocycles. The number of nitrogens with zero attached hydrogens (tertiary/aromatic N) is 1. The summed E-state index contributed by atoms with van der Waals surface area (Å²) in [5.41, 5.74) is 3.47. The van der Waals surface area contributed by atoms with Crippen molar-refractivity contribution in [1.82, 2.24) is 5.32 Å². The van der Waals surface area contributed by atoms with E-state index in [-0.39, 0.29) is 0 Å². The number of hydrogen-bond acceptors (Lipinski definition) is 3. The molecule has 0 atom stereocenters. The van der Waals surface area contributed by atoms with Gasteiger partial charge in [-0.05, 0) is 36.9 Å². The molecule has 2 aromatic rings. The third-order valence-electron chi connectivity index (χ3n) is 3.23. The highest BCUT2D eigenvalue weighted by atomic mass is 79.9. The molecule has 1 N–H and O–H groups in total. The van der Waals surface area contributed by atoms with Crippen molar-refractivity contribution in [3.63, 3.8) is 0 Å². The molecule has 0 saturated heterocycles. The molecule has 2 rings (SSSR count). The van der Waals surface area contributed by atoms with E-state index >= 15 is 0 Å². The Morgan fingerprint density at radius 2 is 1.90 bits per heavy atom. The molecule has 0 bridgehead atoms. The number of nitrogens with one attached hydrogen (secondary N) is 1. The van der Waals surface area contributed by atoms with Crippen LogP contribution in [-0.2, 0) is 6.54 Å². The van der Waals surface area contributed by atoms with E-state index in [1.807, 2.05) is 32.3 Å². The van der Waals surface area contributed by atoms with Crippen molar-refractivity contribution < 1.29 is 4.74 Å². The highest BCUT2D eigenvalue weighted by Gasteiger charge is 2.07. The molecule has 0 radical (unpaired) electrons. The van der Waals surface area contributed by atoms with Gasteiger partial charge in [0.15, 0.2) is 0 Å². The number of hydrogen-bond donors (Lipinski definition) is 1. The first-order valence-electron chi connectivity index (χ1n) is 6.46. The number of rotatable bonds is 5. The second-order valence-electron chi connectivity index (χ2n) is 4.57. The Labute approximate surface area is 128 Å². The van der Waals surface area contributed by atoms with Crippen LogP contribution in [0.4, 0.5) is 11.4 Å². The lowest BCUT2D eigenvalue weighted by Crippen LogP contribution is -2.10. The first-order chi connectivity index (χ1) is 9.65. The summed E-state index contributed by atoms with van der Waals surface area (Å²) in [6, 6.07) is 14.4. The van der Waals surface area contributed by atoms with Gasteiger partial charge in [0.25, 0.3) is 0 Å². The van der Waals surface area contributed by atoms with Crippen molar-refractivity contribution in [3.8, 4) is 5.75 Å². The van der Waals surface area contributed by atoms with Crippen LogP contribution >= 0.6 is 15.9 Å². The van der Waals surface area contributed by atoms with Crippen LogP contribution in [-0.4, -0.2) is 21.2 Å². The average Bonchev–Trinajstić information content (AvgIpc) is 2.49. The van der Waals surface area contributed by atoms with Gasteiger partial charge in [-0.15, -0.1) is 0 Å². The number of halogens is 1. The van der Waals surface area contributed by atoms with Crippen molar-refractivity contribution >= 4 is 27.3 Å². The van der Waals surface area contributed by atoms with E-state index in [9.17, 15) is 0 Å². The Morgan fingerprint density at radius 1 is 1.15 bits per heavy atom. The van der Waals surface area contributed by atoms with Crippen LogP contribution in [0.1, 0.15) is 5.56 Å². The molecule has 0 fully saturated rings. The maximum atomic E-state index is 5.27. The highest BCUT2D eigenvalue weighted by molar-refractivity contribution is 9.10. The molecule has 106 valence electrons. The van der Waals surface area contributed by atoms with Gasteiger partial charge >= 0.3 is 0 Å². The summed E-state index contributed by atoms with van der Waals surface area (Å²) in [5, 5.41) is 3.16. The van der Waals surface area contributed by atoms with E-state index in [0.29, 0.717) is 0 Å². The maximum absolute atomic E-state index is 5.27. The van der Waals surface area contributed by atoms with Crippen molar-refractivity contribution in [1.29, 1.82) is 0 Å². The Morgan fingerprint density at radius 3 is 2.55 bits per heavy atom. The molecule has 0 aliphatic heterocycles. The summed E-state index contributed by atoms with van der Waals surface area (Å²) in [6.07, 6.45) is 0. The molecule has 0 aliphatic rings. The molecule has 0 amide bonds. The molecular formula is C16H19BrN2O. The van der Waals surface area contributed by atoms with E-state index in [0.717, 1.165) is 28.1 Å². The summed E-state index contributed by atoms with van der Waals surface area (Å²) in [7, 11) is 5.68. The SMILES string of the molecule is CNCc1ccc(N(C)c2cccc(OC)c2)cc1Br. The van der Waals surface area contributed by atoms with Gasteiger partial charge in [-0.2, -0.15) is 0 Å². The van der Waals surface area contributed by atoms with Crippen LogP contribution in [0.5, 0.6) is 5.75 Å². The van der Waals surface area contributed by atoms with E-state index in [2.05, 4.69) is 50.4 Å². The molecule has 0 unspecified atom stereocenters. The summed E-state index contributed by atoms with van der Waals surface area (Å²) >= 11 is 3.63. The van der Waals surface area contributed by atoms with Crippen LogP contribution in [0.3, 0.4) is 0 Å². The molecule has 0 heterocycles. The smallest absolute Gasteiger partial charge is 0.120 e. The second-order valence-corrected chi connectivity index (χ2v) is 5.42. The lowest BCUT2D eigenvalue weighted by atomic mass is 10.2. The molecule has 3 nitrogen and oxygen atoms in total. The first kappa shape index (κ1) is 14.9. The number of benzene rings is 2. The van der Waals surface area contributed by atoms with Crippen LogP contribution in [0.2, 0.25) is 0 Å². The summed E-state index contributed by atoms with van der Waals surface area (Å²) in [4.78, 5) is 2.14. The van der Waals surface area contributed by atoms with Gasteiger partial charge in [0.2, 0.25) is 0 Å². The van der Waals surface area contributed by atoms with Gasteiger partial charge < -0.3 is 15.0 Å². The van der Waals surface area contributed by atoms with Crippen LogP contribution in [0.15, 0.2) is 46.9 Å². The minimum Gasteiger partial charge on any atom is -0.497 e. The fourth-order valence-corrected chi connectivity index (χ4v) is 2.55. The lowest BCUT2D eigenvalue weighted by Gasteiger charge is -2.21. The summed E-state index contributed by atoms with van der Waals surface area (Å²) < 4.78 is 6.38. The molecule has 4 heteroatoms. The fourth-order valence-electron chi connectivity index (χ4n) is 2.05. The van der Waals surface area contributed by atoms with Crippen LogP contribution in [0.25, 0.3) is 0 Å². The highest BCUT2D eigenvalue weighted by Crippen LogP contribution is 2.30. The molecule has 2 aromatic carbocycles. The number of methoxy groups -OCH3 is 1. The Kier molecular flexibility index (Phi) is 5.04. The minimum absolute atomic E-state index is 0.851. The van der Waals surface area contributed by atoms with Gasteiger partial charge in [0.1, 0.15) is 5.75 Å². The molecule has 0 saturated carbocycles. The second kappa shape index (κ2) is 6.77. The monoisotopic (exact) mass is 334 g/mol. The topological polar surface area (TPSA) is 24.5 Å². The number of anilines is 2. The van der Waals surface area contributed by atoms with Crippen molar-refractivity contribution in [3.05, 3.63) is 52.5 Å². The minimum atomic E-state index is 0.851. The predicted octanol–water partition coefficient (Wildman–Crippen LogP) is 3.95. The van der Waals surface area contributed by atoms with E-state index < -0.39 is 0 Å². The molecule has 0 spiro atoms. The molecule has 20 heavy (non-hydrogen) atoms. The Balaban J connectivity index is 2.28. The molecular weight excluding hydrogens is 316 g/mol. The van der Waals surface area contributed by atoms with Crippen molar-refractivity contribution in [2.45, 2.75) is 6.54 Å². The van der Waals surface area contributed by atoms with Gasteiger partial charge in [-0.25, -0.2) is 0 Å². The van der Waals surface area contributed by atoms with E-state index in [1.165, 1.54) is 5.56 Å². The number of ether oxygens (including phenoxy) is 1. The fraction of sp³-hybridized carbons (Fsp3) is 0.250. The third-order valence-corrected chi connectivity index (χ3v) is 3.97. The largest absolute Gasteiger partial charge is 0.497 e. The summed E-state index contributed by atoms with van der Waals surface area (Å²) in [5.74, 6) is 0.861. The van der Waals surface area contributed by atoms with Gasteiger partial charge in [0, 0.05) is 35.5 Å². The average molecular weight is 335 g/mol. The normalized spacial score (nSPS) is 10.4. The van der Waals surface area contributed by atoms with Gasteiger partial charge in [-0.1, -0.05) is 28.1 Å². The van der Waals surface area contributed by atoms with Crippen molar-refractivity contribution in [2.75, 3.05) is 26.1 Å². The Bertz CT molecular complexity index is 586. The van der Waals surface area contributed by atoms with Crippen LogP contribution in [0, 0.1) is 0 Å². The lowest BCUT2D eigenvalue weighted by molar-refractivity contribution is 0.415. The van der Waals surface area contributed by atoms with Crippen molar-refractivity contribution in [2.24, 2.45) is 0 Å². The maximum Gasteiger partial charge on any atom is 0.120 e. The van der Waals surface area contributed by atoms with E-state index in [1.54, 1.807) is 7.11 Å². The van der Waals surface area contributed by atoms with Crippen LogP contribution < -0.4 is 15.0 Å². The first-order valence-corrected chi connectivity index (χ1v) is 7.26. The quantitative estimate of drug-likeness (QED) is 0.896. The summed E-state index contributed by atoms with van der Waals surface area (Å²) in [6.45, 7) is 0.851. The zero-order chi connectivity index (χ0) is 14.5. The van der Waals surface area contributed by atoms with E-state index in [4.69, 9.17) is 4.74 Å². The predicted molar refractivity (Wildman–Crippen MR) is 88.0 cm³/mol. The zero-order valence-electron chi connectivity index (χ0n) is 12.0. The third kappa shape index (κ3) is 3.32. The Hall–Kier alpha value is -1.52. The van der Waals surface area contributed by atoms with Gasteiger partial charge in [0.05, 0.1) is 7.11 Å². The standard InChI is InChI=1S/C16H19BrN2O/c1-18-11-12-7-8-14(10-16(12)17)19(2)13-5-4-6-15(9-13)20-3/h4-10,18H,11H2,1-3H3. The molecule has 0 aliphatic carbocycles. The zero-order valence-corrected chi connectivity index (χ0v) is 13.6. The van der Waals surface area contributed by atoms with Gasteiger partial charge in [-0.3, -0.25) is 0 Å².